The van der Waals surface area contributed by atoms with Crippen LogP contribution < -0.4 is 9.47 Å². The zero-order valence-corrected chi connectivity index (χ0v) is 17.0. The Balaban J connectivity index is 2.00. The molecule has 0 N–H and O–H groups in total. The van der Waals surface area contributed by atoms with E-state index in [1.54, 1.807) is 5.37 Å². The third kappa shape index (κ3) is 5.84. The molecule has 2 nitrogen and oxygen atoms in total. The van der Waals surface area contributed by atoms with Crippen LogP contribution in [0.1, 0.15) is 57.6 Å². The highest BCUT2D eigenvalue weighted by atomic mass is 32.1. The first-order valence-corrected chi connectivity index (χ1v) is 9.95. The van der Waals surface area contributed by atoms with Crippen LogP contribution in [0, 0.1) is 0 Å². The minimum atomic E-state index is -0.0757. The van der Waals surface area contributed by atoms with Crippen molar-refractivity contribution in [1.82, 2.24) is 0 Å². The van der Waals surface area contributed by atoms with Gasteiger partial charge in [0.15, 0.2) is 0 Å². The van der Waals surface area contributed by atoms with Gasteiger partial charge in [-0.15, -0.1) is 0 Å². The van der Waals surface area contributed by atoms with E-state index >= 15 is 0 Å². The van der Waals surface area contributed by atoms with E-state index in [1.165, 1.54) is 24.0 Å². The van der Waals surface area contributed by atoms with Crippen LogP contribution in [-0.4, -0.2) is 18.6 Å². The SMILES string of the molecule is CCCCCOc1ccc(C(C)(C)c2ccc(OCCC=S)cc2)cc1. The Labute approximate surface area is 163 Å². The first kappa shape index (κ1) is 20.4. The van der Waals surface area contributed by atoms with Crippen molar-refractivity contribution in [3.8, 4) is 11.5 Å². The number of rotatable bonds is 11. The van der Waals surface area contributed by atoms with E-state index in [-0.39, 0.29) is 5.41 Å². The molecular weight excluding hydrogens is 340 g/mol. The molecule has 2 aromatic rings. The third-order valence-corrected chi connectivity index (χ3v) is 4.91. The van der Waals surface area contributed by atoms with E-state index in [1.807, 2.05) is 12.1 Å². The molecule has 0 saturated heterocycles. The van der Waals surface area contributed by atoms with Crippen LogP contribution >= 0.6 is 12.2 Å². The molecule has 0 saturated carbocycles. The van der Waals surface area contributed by atoms with Crippen LogP contribution in [-0.2, 0) is 5.41 Å². The second-order valence-electron chi connectivity index (χ2n) is 7.03. The summed E-state index contributed by atoms with van der Waals surface area (Å²) in [6.07, 6.45) is 4.33. The smallest absolute Gasteiger partial charge is 0.119 e. The van der Waals surface area contributed by atoms with Gasteiger partial charge in [-0.3, -0.25) is 0 Å². The molecule has 0 aliphatic carbocycles. The highest BCUT2D eigenvalue weighted by Gasteiger charge is 2.23. The second-order valence-corrected chi connectivity index (χ2v) is 7.37. The van der Waals surface area contributed by atoms with Crippen LogP contribution in [0.3, 0.4) is 0 Å². The van der Waals surface area contributed by atoms with E-state index in [0.717, 1.165) is 30.9 Å². The average Bonchev–Trinajstić information content (AvgIpc) is 2.66. The molecule has 26 heavy (non-hydrogen) atoms. The molecule has 0 unspecified atom stereocenters. The van der Waals surface area contributed by atoms with Gasteiger partial charge in [0.25, 0.3) is 0 Å². The lowest BCUT2D eigenvalue weighted by Crippen LogP contribution is -2.18. The topological polar surface area (TPSA) is 18.5 Å². The van der Waals surface area contributed by atoms with Gasteiger partial charge in [-0.1, -0.05) is 70.1 Å². The summed E-state index contributed by atoms with van der Waals surface area (Å²) in [6.45, 7) is 8.11. The highest BCUT2D eigenvalue weighted by molar-refractivity contribution is 7.78. The van der Waals surface area contributed by atoms with Gasteiger partial charge in [0, 0.05) is 11.8 Å². The van der Waals surface area contributed by atoms with Gasteiger partial charge in [0.05, 0.1) is 13.2 Å². The number of hydrogen-bond acceptors (Lipinski definition) is 3. The average molecular weight is 371 g/mol. The van der Waals surface area contributed by atoms with E-state index in [0.29, 0.717) is 6.61 Å². The molecule has 0 atom stereocenters. The molecule has 0 bridgehead atoms. The van der Waals surface area contributed by atoms with Crippen molar-refractivity contribution >= 4 is 17.6 Å². The van der Waals surface area contributed by atoms with E-state index in [4.69, 9.17) is 21.7 Å². The number of hydrogen-bond donors (Lipinski definition) is 0. The van der Waals surface area contributed by atoms with E-state index in [2.05, 4.69) is 57.2 Å². The van der Waals surface area contributed by atoms with Gasteiger partial charge < -0.3 is 9.47 Å². The van der Waals surface area contributed by atoms with Crippen molar-refractivity contribution in [2.75, 3.05) is 13.2 Å². The molecule has 2 rings (SSSR count). The van der Waals surface area contributed by atoms with Crippen molar-refractivity contribution < 1.29 is 9.47 Å². The quantitative estimate of drug-likeness (QED) is 0.339. The Kier molecular flexibility index (Phi) is 8.11. The molecule has 0 aliphatic heterocycles. The largest absolute Gasteiger partial charge is 0.494 e. The molecule has 0 amide bonds. The zero-order valence-electron chi connectivity index (χ0n) is 16.2. The Hall–Kier alpha value is -1.87. The van der Waals surface area contributed by atoms with E-state index < -0.39 is 0 Å². The van der Waals surface area contributed by atoms with Crippen molar-refractivity contribution in [3.63, 3.8) is 0 Å². The maximum atomic E-state index is 5.82. The molecule has 3 heteroatoms. The summed E-state index contributed by atoms with van der Waals surface area (Å²) in [6, 6.07) is 16.8. The number of thiocarbonyl (C=S) groups is 1. The summed E-state index contributed by atoms with van der Waals surface area (Å²) < 4.78 is 11.5. The summed E-state index contributed by atoms with van der Waals surface area (Å²) in [5.41, 5.74) is 2.46. The summed E-state index contributed by atoms with van der Waals surface area (Å²) in [5, 5.41) is 1.70. The first-order valence-electron chi connectivity index (χ1n) is 9.48. The Morgan fingerprint density at radius 1 is 0.808 bits per heavy atom. The molecule has 2 aromatic carbocycles. The molecule has 0 fully saturated rings. The highest BCUT2D eigenvalue weighted by Crippen LogP contribution is 2.33. The molecule has 0 heterocycles. The summed E-state index contributed by atoms with van der Waals surface area (Å²) >= 11 is 4.82. The fourth-order valence-electron chi connectivity index (χ4n) is 2.87. The molecular formula is C23H30O2S. The Bertz CT molecular complexity index is 660. The van der Waals surface area contributed by atoms with Crippen LogP contribution in [0.4, 0.5) is 0 Å². The Morgan fingerprint density at radius 2 is 1.31 bits per heavy atom. The number of benzene rings is 2. The normalized spacial score (nSPS) is 11.2. The van der Waals surface area contributed by atoms with E-state index in [9.17, 15) is 0 Å². The lowest BCUT2D eigenvalue weighted by molar-refractivity contribution is 0.306. The molecule has 0 radical (unpaired) electrons. The third-order valence-electron chi connectivity index (χ3n) is 4.67. The first-order chi connectivity index (χ1) is 12.6. The predicted octanol–water partition coefficient (Wildman–Crippen LogP) is 6.35. The summed E-state index contributed by atoms with van der Waals surface area (Å²) in [4.78, 5) is 0. The fraction of sp³-hybridized carbons (Fsp3) is 0.435. The minimum Gasteiger partial charge on any atom is -0.494 e. The van der Waals surface area contributed by atoms with Gasteiger partial charge >= 0.3 is 0 Å². The van der Waals surface area contributed by atoms with Crippen molar-refractivity contribution in [2.24, 2.45) is 0 Å². The fourth-order valence-corrected chi connectivity index (χ4v) is 2.97. The maximum absolute atomic E-state index is 5.82. The number of ether oxygens (including phenoxy) is 2. The number of unbranched alkanes of at least 4 members (excludes halogenated alkanes) is 2. The molecule has 0 spiro atoms. The van der Waals surface area contributed by atoms with Crippen LogP contribution in [0.15, 0.2) is 48.5 Å². The summed E-state index contributed by atoms with van der Waals surface area (Å²) in [7, 11) is 0. The van der Waals surface area contributed by atoms with Gasteiger partial charge in [-0.2, -0.15) is 0 Å². The lowest BCUT2D eigenvalue weighted by Gasteiger charge is -2.26. The van der Waals surface area contributed by atoms with Crippen molar-refractivity contribution in [1.29, 1.82) is 0 Å². The molecule has 0 aromatic heterocycles. The molecule has 140 valence electrons. The summed E-state index contributed by atoms with van der Waals surface area (Å²) in [5.74, 6) is 1.83. The second kappa shape index (κ2) is 10.3. The standard InChI is InChI=1S/C23H30O2S/c1-4-5-6-16-24-21-12-8-19(9-13-21)23(2,3)20-10-14-22(15-11-20)25-17-7-18-26/h8-15,18H,4-7,16-17H2,1-3H3. The zero-order chi connectivity index (χ0) is 18.8. The van der Waals surface area contributed by atoms with Crippen molar-refractivity contribution in [2.45, 2.75) is 51.9 Å². The van der Waals surface area contributed by atoms with Gasteiger partial charge in [0.2, 0.25) is 0 Å². The van der Waals surface area contributed by atoms with Crippen LogP contribution in [0.2, 0.25) is 0 Å². The van der Waals surface area contributed by atoms with Crippen LogP contribution in [0.25, 0.3) is 0 Å². The van der Waals surface area contributed by atoms with Gasteiger partial charge in [0.1, 0.15) is 11.5 Å². The Morgan fingerprint density at radius 3 is 1.77 bits per heavy atom. The molecule has 0 aliphatic rings. The van der Waals surface area contributed by atoms with Gasteiger partial charge in [-0.05, 0) is 47.2 Å². The minimum absolute atomic E-state index is 0.0757. The van der Waals surface area contributed by atoms with Crippen molar-refractivity contribution in [3.05, 3.63) is 59.7 Å². The van der Waals surface area contributed by atoms with Crippen LogP contribution in [0.5, 0.6) is 11.5 Å². The monoisotopic (exact) mass is 370 g/mol. The predicted molar refractivity (Wildman–Crippen MR) is 114 cm³/mol. The maximum Gasteiger partial charge on any atom is 0.119 e. The lowest BCUT2D eigenvalue weighted by atomic mass is 9.78. The van der Waals surface area contributed by atoms with Gasteiger partial charge in [-0.25, -0.2) is 0 Å².